The van der Waals surface area contributed by atoms with Crippen molar-refractivity contribution in [1.82, 2.24) is 0 Å². The van der Waals surface area contributed by atoms with Crippen molar-refractivity contribution in [2.75, 3.05) is 54.1 Å². The molecule has 0 spiro atoms. The molecular weight excluding hydrogens is 890 g/mol. The summed E-state index contributed by atoms with van der Waals surface area (Å²) in [7, 11) is 1.32. The lowest BCUT2D eigenvalue weighted by atomic mass is 10.0. The summed E-state index contributed by atoms with van der Waals surface area (Å²) in [6, 6.07) is 0. The second-order valence-corrected chi connectivity index (χ2v) is 21.7. The fraction of sp³-hybridized carbons (Fsp3) is 0.754. The molecule has 0 aromatic rings. The predicted octanol–water partition coefficient (Wildman–Crippen LogP) is 17.7. The van der Waals surface area contributed by atoms with Gasteiger partial charge < -0.3 is 27.9 Å². The van der Waals surface area contributed by atoms with Crippen molar-refractivity contribution in [2.24, 2.45) is 0 Å². The number of hydrogen-bond donors (Lipinski definition) is 0. The van der Waals surface area contributed by atoms with Crippen molar-refractivity contribution in [3.63, 3.8) is 0 Å². The minimum absolute atomic E-state index is 0.0123. The number of allylic oxidation sites excluding steroid dienone is 14. The molecule has 0 bridgehead atoms. The number of esters is 1. The molecule has 0 rings (SSSR count). The van der Waals surface area contributed by atoms with E-state index in [1.807, 2.05) is 21.1 Å². The van der Waals surface area contributed by atoms with E-state index in [1.54, 1.807) is 0 Å². The summed E-state index contributed by atoms with van der Waals surface area (Å²) in [6.45, 7) is 5.25. The summed E-state index contributed by atoms with van der Waals surface area (Å²) in [4.78, 5) is 25.2. The van der Waals surface area contributed by atoms with Crippen molar-refractivity contribution >= 4 is 13.8 Å². The third kappa shape index (κ3) is 56.6. The van der Waals surface area contributed by atoms with E-state index >= 15 is 0 Å². The zero-order valence-corrected chi connectivity index (χ0v) is 47.1. The van der Waals surface area contributed by atoms with Crippen LogP contribution < -0.4 is 4.89 Å². The second-order valence-electron chi connectivity index (χ2n) is 20.3. The van der Waals surface area contributed by atoms with Gasteiger partial charge in [-0.15, -0.1) is 0 Å². The Balaban J connectivity index is 4.16. The van der Waals surface area contributed by atoms with Crippen LogP contribution in [0.5, 0.6) is 0 Å². The van der Waals surface area contributed by atoms with Crippen molar-refractivity contribution in [3.05, 3.63) is 85.1 Å². The number of ether oxygens (including phenoxy) is 2. The summed E-state index contributed by atoms with van der Waals surface area (Å²) in [5, 5.41) is 0. The first kappa shape index (κ1) is 67.7. The Morgan fingerprint density at radius 3 is 1.19 bits per heavy atom. The Morgan fingerprint density at radius 1 is 0.457 bits per heavy atom. The zero-order valence-electron chi connectivity index (χ0n) is 46.2. The van der Waals surface area contributed by atoms with Crippen LogP contribution >= 0.6 is 7.82 Å². The Kier molecular flexibility index (Phi) is 51.2. The first-order chi connectivity index (χ1) is 34.1. The molecule has 0 saturated carbocycles. The van der Waals surface area contributed by atoms with Crippen LogP contribution in [0.4, 0.5) is 0 Å². The van der Waals surface area contributed by atoms with Crippen LogP contribution in [0.15, 0.2) is 85.1 Å². The lowest BCUT2D eigenvalue weighted by molar-refractivity contribution is -0.870. The molecule has 2 unspecified atom stereocenters. The predicted molar refractivity (Wildman–Crippen MR) is 300 cm³/mol. The summed E-state index contributed by atoms with van der Waals surface area (Å²) < 4.78 is 34.8. The van der Waals surface area contributed by atoms with E-state index in [9.17, 15) is 14.3 Å². The summed E-state index contributed by atoms with van der Waals surface area (Å²) in [6.07, 6.45) is 72.1. The van der Waals surface area contributed by atoms with E-state index in [0.29, 0.717) is 24.1 Å². The van der Waals surface area contributed by atoms with Crippen LogP contribution in [0.1, 0.15) is 239 Å². The number of quaternary nitrogens is 1. The number of nitrogens with zero attached hydrogens (tertiary/aromatic N) is 1. The van der Waals surface area contributed by atoms with E-state index in [-0.39, 0.29) is 32.2 Å². The molecule has 0 fully saturated rings. The lowest BCUT2D eigenvalue weighted by Crippen LogP contribution is -2.37. The maximum absolute atomic E-state index is 12.8. The third-order valence-corrected chi connectivity index (χ3v) is 13.2. The van der Waals surface area contributed by atoms with Gasteiger partial charge in [-0.25, -0.2) is 0 Å². The van der Waals surface area contributed by atoms with Gasteiger partial charge in [-0.3, -0.25) is 9.36 Å². The molecule has 0 amide bonds. The molecule has 9 heteroatoms. The van der Waals surface area contributed by atoms with Crippen molar-refractivity contribution in [1.29, 1.82) is 0 Å². The van der Waals surface area contributed by atoms with E-state index in [2.05, 4.69) is 98.9 Å². The highest BCUT2D eigenvalue weighted by molar-refractivity contribution is 7.45. The first-order valence-corrected chi connectivity index (χ1v) is 30.3. The molecule has 0 aromatic carbocycles. The summed E-state index contributed by atoms with van der Waals surface area (Å²) in [5.41, 5.74) is 0. The molecule has 0 aliphatic rings. The van der Waals surface area contributed by atoms with Crippen molar-refractivity contribution < 1.29 is 37.3 Å². The molecule has 0 aromatic heterocycles. The van der Waals surface area contributed by atoms with Gasteiger partial charge in [0.1, 0.15) is 19.3 Å². The van der Waals surface area contributed by atoms with Gasteiger partial charge in [-0.2, -0.15) is 0 Å². The Hall–Kier alpha value is -2.32. The van der Waals surface area contributed by atoms with Crippen LogP contribution in [0.2, 0.25) is 0 Å². The van der Waals surface area contributed by atoms with Gasteiger partial charge in [0, 0.05) is 13.0 Å². The van der Waals surface area contributed by atoms with Crippen molar-refractivity contribution in [3.8, 4) is 0 Å². The van der Waals surface area contributed by atoms with E-state index in [1.165, 1.54) is 148 Å². The minimum Gasteiger partial charge on any atom is -0.756 e. The maximum atomic E-state index is 12.8. The normalized spacial score (nSPS) is 14.1. The van der Waals surface area contributed by atoms with E-state index in [4.69, 9.17) is 18.5 Å². The Bertz CT molecular complexity index is 1390. The topological polar surface area (TPSA) is 94.1 Å². The monoisotopic (exact) mass is 1000 g/mol. The molecule has 8 nitrogen and oxygen atoms in total. The standard InChI is InChI=1S/C61H110NO7P/c1-6-8-10-12-14-16-18-20-22-24-26-28-30-31-33-35-37-39-41-43-45-47-49-51-53-56-66-58-60(59-68-70(64,65)67-57-55-62(3,4)5)69-61(63)54-52-50-48-46-44-42-40-38-36-34-32-29-27-25-23-21-19-17-15-13-11-9-7-2/h9,11,15,17,21,23,27,29,34,36,40,42,46,48,60H,6-8,10,12-14,16,18-20,22,24-26,28,30-33,35,37-39,41,43-45,47,49-59H2,1-5H3/b11-9-,17-15-,23-21-,29-27-,36-34-,42-40-,48-46-. The fourth-order valence-corrected chi connectivity index (χ4v) is 8.56. The van der Waals surface area contributed by atoms with Crippen LogP contribution in [0.25, 0.3) is 0 Å². The number of rotatable bonds is 53. The molecule has 406 valence electrons. The molecule has 0 aliphatic heterocycles. The van der Waals surface area contributed by atoms with Gasteiger partial charge in [0.05, 0.1) is 34.4 Å². The number of unbranched alkanes of at least 4 members (excludes halogenated alkanes) is 25. The van der Waals surface area contributed by atoms with Gasteiger partial charge in [-0.1, -0.05) is 253 Å². The van der Waals surface area contributed by atoms with Gasteiger partial charge in [0.25, 0.3) is 7.82 Å². The Morgan fingerprint density at radius 2 is 0.814 bits per heavy atom. The highest BCUT2D eigenvalue weighted by Crippen LogP contribution is 2.38. The highest BCUT2D eigenvalue weighted by atomic mass is 31.2. The quantitative estimate of drug-likeness (QED) is 0.0197. The van der Waals surface area contributed by atoms with E-state index < -0.39 is 13.9 Å². The Labute approximate surface area is 433 Å². The summed E-state index contributed by atoms with van der Waals surface area (Å²) in [5.74, 6) is -0.390. The summed E-state index contributed by atoms with van der Waals surface area (Å²) >= 11 is 0. The molecular formula is C61H110NO7P. The average molecular weight is 1000 g/mol. The maximum Gasteiger partial charge on any atom is 0.306 e. The zero-order chi connectivity index (χ0) is 51.2. The van der Waals surface area contributed by atoms with Crippen molar-refractivity contribution in [2.45, 2.75) is 245 Å². The number of likely N-dealkylation sites (N-methyl/N-ethyl adjacent to an activating group) is 1. The average Bonchev–Trinajstić information content (AvgIpc) is 3.32. The molecule has 0 radical (unpaired) electrons. The second kappa shape index (κ2) is 53.0. The van der Waals surface area contributed by atoms with Gasteiger partial charge >= 0.3 is 5.97 Å². The van der Waals surface area contributed by atoms with Crippen LogP contribution in [-0.4, -0.2) is 70.7 Å². The SMILES string of the molecule is CC/C=C\C/C=C\C/C=C\C/C=C\C/C=C\C/C=C\C/C=C\CCCC(=O)OC(COCCCCCCCCCCCCCCCCCCCCCCCCCCC)COP(=O)([O-])OCC[N+](C)(C)C. The van der Waals surface area contributed by atoms with Crippen LogP contribution in [0.3, 0.4) is 0 Å². The molecule has 0 heterocycles. The number of phosphoric acid groups is 1. The smallest absolute Gasteiger partial charge is 0.306 e. The molecule has 70 heavy (non-hydrogen) atoms. The number of phosphoric ester groups is 1. The molecule has 0 N–H and O–H groups in total. The van der Waals surface area contributed by atoms with Gasteiger partial charge in [0.15, 0.2) is 0 Å². The van der Waals surface area contributed by atoms with Crippen LogP contribution in [0, 0.1) is 0 Å². The number of carbonyl (C=O) groups excluding carboxylic acids is 1. The van der Waals surface area contributed by atoms with Gasteiger partial charge in [0.2, 0.25) is 0 Å². The van der Waals surface area contributed by atoms with Crippen LogP contribution in [-0.2, 0) is 27.9 Å². The highest BCUT2D eigenvalue weighted by Gasteiger charge is 2.20. The minimum atomic E-state index is -4.55. The number of hydrogen-bond acceptors (Lipinski definition) is 7. The number of carbonyl (C=O) groups is 1. The van der Waals surface area contributed by atoms with Gasteiger partial charge in [-0.05, 0) is 64.2 Å². The first-order valence-electron chi connectivity index (χ1n) is 28.8. The molecule has 0 aliphatic carbocycles. The largest absolute Gasteiger partial charge is 0.756 e. The lowest BCUT2D eigenvalue weighted by Gasteiger charge is -2.28. The third-order valence-electron chi connectivity index (χ3n) is 12.2. The molecule has 0 saturated heterocycles. The van der Waals surface area contributed by atoms with E-state index in [0.717, 1.165) is 64.2 Å². The fourth-order valence-electron chi connectivity index (χ4n) is 7.83. The molecule has 2 atom stereocenters.